The van der Waals surface area contributed by atoms with Crippen LogP contribution in [0, 0.1) is 24.1 Å². The third kappa shape index (κ3) is 4.98. The first kappa shape index (κ1) is 26.8. The number of methoxy groups -OCH3 is 2. The van der Waals surface area contributed by atoms with Crippen molar-refractivity contribution < 1.29 is 31.8 Å². The van der Waals surface area contributed by atoms with E-state index in [0.717, 1.165) is 12.1 Å². The fourth-order valence-electron chi connectivity index (χ4n) is 4.00. The van der Waals surface area contributed by atoms with E-state index in [2.05, 4.69) is 10.2 Å². The zero-order valence-corrected chi connectivity index (χ0v) is 21.9. The van der Waals surface area contributed by atoms with Crippen molar-refractivity contribution in [3.8, 4) is 34.8 Å². The maximum Gasteiger partial charge on any atom is 0.204 e. The van der Waals surface area contributed by atoms with Crippen molar-refractivity contribution in [2.45, 2.75) is 31.0 Å². The first-order valence-corrected chi connectivity index (χ1v) is 13.1. The summed E-state index contributed by atoms with van der Waals surface area (Å²) in [6.45, 7) is 3.09. The van der Waals surface area contributed by atoms with Gasteiger partial charge in [0.1, 0.15) is 40.6 Å². The first-order valence-electron chi connectivity index (χ1n) is 11.4. The molecule has 0 unspecified atom stereocenters. The Morgan fingerprint density at radius 2 is 1.82 bits per heavy atom. The molecule has 10 nitrogen and oxygen atoms in total. The summed E-state index contributed by atoms with van der Waals surface area (Å²) in [7, 11) is -1.16. The molecule has 0 radical (unpaired) electrons. The minimum absolute atomic E-state index is 0.0210. The van der Waals surface area contributed by atoms with E-state index in [4.69, 9.17) is 19.2 Å². The number of rotatable bonds is 9. The van der Waals surface area contributed by atoms with Crippen molar-refractivity contribution in [2.75, 3.05) is 14.2 Å². The largest absolute Gasteiger partial charge is 0.494 e. The molecule has 1 N–H and O–H groups in total. The molecule has 2 aromatic carbocycles. The number of nitriles is 1. The molecular weight excluding hydrogens is 515 g/mol. The predicted octanol–water partition coefficient (Wildman–Crippen LogP) is 3.90. The summed E-state index contributed by atoms with van der Waals surface area (Å²) in [5.41, 5.74) is 0.160. The van der Waals surface area contributed by atoms with Crippen molar-refractivity contribution in [3.05, 3.63) is 77.1 Å². The number of halogens is 1. The van der Waals surface area contributed by atoms with Crippen LogP contribution in [0.4, 0.5) is 4.39 Å². The van der Waals surface area contributed by atoms with Crippen molar-refractivity contribution >= 4 is 9.84 Å². The lowest BCUT2D eigenvalue weighted by Gasteiger charge is -2.21. The molecule has 4 rings (SSSR count). The Bertz CT molecular complexity index is 1600. The molecule has 0 aliphatic rings. The molecule has 0 fully saturated rings. The number of nitrogens with zero attached hydrogens (tertiary/aromatic N) is 4. The average Bonchev–Trinajstić information content (AvgIpc) is 3.52. The molecule has 12 heteroatoms. The molecule has 0 spiro atoms. The van der Waals surface area contributed by atoms with E-state index in [9.17, 15) is 17.9 Å². The van der Waals surface area contributed by atoms with Gasteiger partial charge in [0.2, 0.25) is 5.82 Å². The number of benzene rings is 2. The van der Waals surface area contributed by atoms with E-state index in [1.807, 2.05) is 0 Å². The van der Waals surface area contributed by atoms with Crippen LogP contribution in [0.1, 0.15) is 35.7 Å². The number of para-hydroxylation sites is 1. The number of aliphatic hydroxyl groups excluding tert-OH is 1. The van der Waals surface area contributed by atoms with E-state index in [0.29, 0.717) is 28.7 Å². The van der Waals surface area contributed by atoms with E-state index in [-0.39, 0.29) is 22.8 Å². The van der Waals surface area contributed by atoms with Crippen LogP contribution in [0.15, 0.2) is 52.9 Å². The maximum atomic E-state index is 13.8. The fourth-order valence-corrected chi connectivity index (χ4v) is 5.36. The molecule has 38 heavy (non-hydrogen) atoms. The molecule has 2 heterocycles. The van der Waals surface area contributed by atoms with Gasteiger partial charge in [-0.25, -0.2) is 12.8 Å². The van der Waals surface area contributed by atoms with Crippen LogP contribution in [0.25, 0.3) is 17.3 Å². The van der Waals surface area contributed by atoms with Gasteiger partial charge in [-0.3, -0.25) is 4.57 Å². The highest BCUT2D eigenvalue weighted by Crippen LogP contribution is 2.37. The Morgan fingerprint density at radius 3 is 2.39 bits per heavy atom. The lowest BCUT2D eigenvalue weighted by molar-refractivity contribution is 0.175. The Morgan fingerprint density at radius 1 is 1.13 bits per heavy atom. The zero-order valence-electron chi connectivity index (χ0n) is 21.0. The highest BCUT2D eigenvalue weighted by atomic mass is 32.2. The average molecular weight is 541 g/mol. The number of ether oxygens (including phenoxy) is 2. The fraction of sp³-hybridized carbons (Fsp3) is 0.269. The molecular formula is C26H25FN4O6S. The highest BCUT2D eigenvalue weighted by Gasteiger charge is 2.33. The van der Waals surface area contributed by atoms with Crippen LogP contribution < -0.4 is 9.47 Å². The first-order chi connectivity index (χ1) is 18.1. The number of aromatic nitrogens is 3. The SMILES string of the molecule is COc1cccc(OC)c1-n1c(CS(=O)(=O)[C@H](C)[C@H](O)c2ccc(F)c(C#N)c2)nnc1-c1ccc(C)o1. The smallest absolute Gasteiger partial charge is 0.204 e. The monoisotopic (exact) mass is 540 g/mol. The summed E-state index contributed by atoms with van der Waals surface area (Å²) < 4.78 is 59.1. The Balaban J connectivity index is 1.81. The normalized spacial score (nSPS) is 13.1. The third-order valence-electron chi connectivity index (χ3n) is 6.11. The number of furan rings is 1. The highest BCUT2D eigenvalue weighted by molar-refractivity contribution is 7.91. The van der Waals surface area contributed by atoms with Gasteiger partial charge in [-0.2, -0.15) is 5.26 Å². The standard InChI is InChI=1S/C26H25FN4O6S/c1-15-8-11-22(37-15)26-30-29-23(31(26)24-20(35-3)6-5-7-21(24)36-4)14-38(33,34)16(2)25(32)17-9-10-19(27)18(12-17)13-28/h5-12,16,25,32H,14H2,1-4H3/t16-,25+/m1/s1. The van der Waals surface area contributed by atoms with Gasteiger partial charge in [0, 0.05) is 0 Å². The molecule has 0 saturated carbocycles. The molecule has 0 amide bonds. The van der Waals surface area contributed by atoms with Gasteiger partial charge in [0.05, 0.1) is 31.1 Å². The number of hydrogen-bond donors (Lipinski definition) is 1. The Hall–Kier alpha value is -4.21. The molecule has 2 atom stereocenters. The molecule has 4 aromatic rings. The van der Waals surface area contributed by atoms with Gasteiger partial charge in [-0.1, -0.05) is 12.1 Å². The van der Waals surface area contributed by atoms with Gasteiger partial charge >= 0.3 is 0 Å². The summed E-state index contributed by atoms with van der Waals surface area (Å²) >= 11 is 0. The van der Waals surface area contributed by atoms with E-state index in [1.165, 1.54) is 31.8 Å². The van der Waals surface area contributed by atoms with Crippen molar-refractivity contribution in [3.63, 3.8) is 0 Å². The molecule has 0 aliphatic heterocycles. The Labute approximate surface area is 218 Å². The van der Waals surface area contributed by atoms with Crippen LogP contribution in [-0.4, -0.2) is 47.8 Å². The van der Waals surface area contributed by atoms with E-state index < -0.39 is 32.8 Å². The number of sulfone groups is 1. The van der Waals surface area contributed by atoms with Gasteiger partial charge < -0.3 is 19.0 Å². The van der Waals surface area contributed by atoms with Crippen molar-refractivity contribution in [2.24, 2.45) is 0 Å². The van der Waals surface area contributed by atoms with Gasteiger partial charge in [0.25, 0.3) is 0 Å². The molecule has 198 valence electrons. The van der Waals surface area contributed by atoms with Crippen LogP contribution >= 0.6 is 0 Å². The number of aryl methyl sites for hydroxylation is 1. The minimum Gasteiger partial charge on any atom is -0.494 e. The minimum atomic E-state index is -4.09. The van der Waals surface area contributed by atoms with Crippen LogP contribution in [-0.2, 0) is 15.6 Å². The second-order valence-corrected chi connectivity index (χ2v) is 10.9. The summed E-state index contributed by atoms with van der Waals surface area (Å²) in [5.74, 6) is 0.554. The van der Waals surface area contributed by atoms with Crippen LogP contribution in [0.5, 0.6) is 11.5 Å². The third-order valence-corrected chi connectivity index (χ3v) is 8.16. The number of aliphatic hydroxyl groups is 1. The lowest BCUT2D eigenvalue weighted by atomic mass is 10.0. The van der Waals surface area contributed by atoms with Crippen LogP contribution in [0.3, 0.4) is 0 Å². The maximum absolute atomic E-state index is 13.8. The Kier molecular flexibility index (Phi) is 7.52. The lowest BCUT2D eigenvalue weighted by Crippen LogP contribution is -2.28. The summed E-state index contributed by atoms with van der Waals surface area (Å²) in [5, 5.41) is 27.0. The summed E-state index contributed by atoms with van der Waals surface area (Å²) in [6.07, 6.45) is -1.53. The van der Waals surface area contributed by atoms with Crippen molar-refractivity contribution in [1.29, 1.82) is 5.26 Å². The summed E-state index contributed by atoms with van der Waals surface area (Å²) in [6, 6.07) is 13.6. The van der Waals surface area contributed by atoms with Gasteiger partial charge in [0.15, 0.2) is 21.4 Å². The van der Waals surface area contributed by atoms with Crippen LogP contribution in [0.2, 0.25) is 0 Å². The molecule has 2 aromatic heterocycles. The molecule has 0 saturated heterocycles. The second kappa shape index (κ2) is 10.6. The van der Waals surface area contributed by atoms with E-state index >= 15 is 0 Å². The quantitative estimate of drug-likeness (QED) is 0.335. The van der Waals surface area contributed by atoms with E-state index in [1.54, 1.807) is 43.3 Å². The van der Waals surface area contributed by atoms with Gasteiger partial charge in [-0.15, -0.1) is 10.2 Å². The topological polar surface area (TPSA) is 140 Å². The molecule has 0 aliphatic carbocycles. The number of hydrogen-bond acceptors (Lipinski definition) is 9. The van der Waals surface area contributed by atoms with Crippen molar-refractivity contribution in [1.82, 2.24) is 14.8 Å². The predicted molar refractivity (Wildman–Crippen MR) is 135 cm³/mol. The summed E-state index contributed by atoms with van der Waals surface area (Å²) in [4.78, 5) is 0. The van der Waals surface area contributed by atoms with Gasteiger partial charge in [-0.05, 0) is 55.8 Å². The second-order valence-electron chi connectivity index (χ2n) is 8.50. The zero-order chi connectivity index (χ0) is 27.6. The molecule has 0 bridgehead atoms.